The molecular weight excluding hydrogens is 444 g/mol. The molecule has 0 aromatic heterocycles. The van der Waals surface area contributed by atoms with Crippen LogP contribution in [-0.4, -0.2) is 44.1 Å². The molecule has 0 radical (unpaired) electrons. The number of methoxy groups -OCH3 is 1. The van der Waals surface area contributed by atoms with Crippen LogP contribution in [0.2, 0.25) is 0 Å². The van der Waals surface area contributed by atoms with E-state index in [9.17, 15) is 14.4 Å². The minimum absolute atomic E-state index is 0.125. The Balaban J connectivity index is 1.44. The summed E-state index contributed by atoms with van der Waals surface area (Å²) in [6, 6.07) is 22.9. The molecular formula is C27H28N4O4. The van der Waals surface area contributed by atoms with Crippen molar-refractivity contribution in [2.75, 3.05) is 30.4 Å². The summed E-state index contributed by atoms with van der Waals surface area (Å²) in [7, 11) is 1.62. The van der Waals surface area contributed by atoms with Crippen LogP contribution < -0.4 is 25.6 Å². The summed E-state index contributed by atoms with van der Waals surface area (Å²) in [6.07, 6.45) is 0.962. The third kappa shape index (κ3) is 6.17. The van der Waals surface area contributed by atoms with Crippen molar-refractivity contribution < 1.29 is 19.1 Å². The Kier molecular flexibility index (Phi) is 7.62. The van der Waals surface area contributed by atoms with E-state index >= 15 is 0 Å². The molecule has 1 atom stereocenters. The van der Waals surface area contributed by atoms with Crippen LogP contribution in [0.4, 0.5) is 16.2 Å². The van der Waals surface area contributed by atoms with Gasteiger partial charge >= 0.3 is 6.03 Å². The van der Waals surface area contributed by atoms with Crippen LogP contribution in [-0.2, 0) is 22.4 Å². The van der Waals surface area contributed by atoms with Crippen LogP contribution in [0.5, 0.6) is 5.75 Å². The lowest BCUT2D eigenvalue weighted by molar-refractivity contribution is -0.122. The summed E-state index contributed by atoms with van der Waals surface area (Å²) in [5.74, 6) is 0.198. The molecule has 4 amide bonds. The first-order valence-electron chi connectivity index (χ1n) is 11.4. The monoisotopic (exact) mass is 472 g/mol. The third-order valence-electron chi connectivity index (χ3n) is 5.78. The minimum atomic E-state index is -0.807. The smallest absolute Gasteiger partial charge is 0.323 e. The van der Waals surface area contributed by atoms with E-state index in [0.717, 1.165) is 16.9 Å². The number of fused-ring (bicyclic) bond motifs is 1. The maximum Gasteiger partial charge on any atom is 0.323 e. The Labute approximate surface area is 204 Å². The quantitative estimate of drug-likeness (QED) is 0.469. The highest BCUT2D eigenvalue weighted by Gasteiger charge is 2.30. The molecule has 35 heavy (non-hydrogen) atoms. The van der Waals surface area contributed by atoms with Gasteiger partial charge in [-0.05, 0) is 41.8 Å². The predicted octanol–water partition coefficient (Wildman–Crippen LogP) is 3.13. The van der Waals surface area contributed by atoms with E-state index < -0.39 is 12.1 Å². The first-order chi connectivity index (χ1) is 17.0. The van der Waals surface area contributed by atoms with Gasteiger partial charge in [-0.1, -0.05) is 54.6 Å². The SMILES string of the molecule is COc1ccc(CCNC(=O)[C@H](Cc2ccccc2)NC(=O)N2CC(=O)Nc3ccccc32)cc1. The molecule has 180 valence electrons. The van der Waals surface area contributed by atoms with Gasteiger partial charge < -0.3 is 20.7 Å². The fourth-order valence-corrected chi connectivity index (χ4v) is 3.95. The number of amides is 4. The lowest BCUT2D eigenvalue weighted by Gasteiger charge is -2.30. The van der Waals surface area contributed by atoms with Crippen molar-refractivity contribution in [2.24, 2.45) is 0 Å². The average molecular weight is 473 g/mol. The molecule has 0 spiro atoms. The Bertz CT molecular complexity index is 1180. The van der Waals surface area contributed by atoms with Gasteiger partial charge in [-0.2, -0.15) is 0 Å². The zero-order chi connectivity index (χ0) is 24.6. The van der Waals surface area contributed by atoms with Crippen LogP contribution in [0.3, 0.4) is 0 Å². The van der Waals surface area contributed by atoms with Crippen LogP contribution in [0.1, 0.15) is 11.1 Å². The molecule has 0 unspecified atom stereocenters. The molecule has 3 N–H and O–H groups in total. The van der Waals surface area contributed by atoms with Crippen molar-refractivity contribution in [3.63, 3.8) is 0 Å². The topological polar surface area (TPSA) is 99.8 Å². The summed E-state index contributed by atoms with van der Waals surface area (Å²) >= 11 is 0. The number of hydrogen-bond acceptors (Lipinski definition) is 4. The zero-order valence-corrected chi connectivity index (χ0v) is 19.5. The van der Waals surface area contributed by atoms with Crippen LogP contribution in [0.15, 0.2) is 78.9 Å². The van der Waals surface area contributed by atoms with E-state index in [1.807, 2.05) is 54.6 Å². The second-order valence-electron chi connectivity index (χ2n) is 8.23. The number of para-hydroxylation sites is 2. The minimum Gasteiger partial charge on any atom is -0.497 e. The summed E-state index contributed by atoms with van der Waals surface area (Å²) in [6.45, 7) is 0.293. The number of hydrogen-bond donors (Lipinski definition) is 3. The number of carbonyl (C=O) groups is 3. The Hall–Kier alpha value is -4.33. The van der Waals surface area contributed by atoms with Crippen molar-refractivity contribution in [3.05, 3.63) is 90.0 Å². The zero-order valence-electron chi connectivity index (χ0n) is 19.5. The molecule has 0 bridgehead atoms. The normalized spacial score (nSPS) is 13.3. The average Bonchev–Trinajstić information content (AvgIpc) is 2.88. The van der Waals surface area contributed by atoms with Crippen LogP contribution in [0.25, 0.3) is 0 Å². The summed E-state index contributed by atoms with van der Waals surface area (Å²) in [4.78, 5) is 39.8. The summed E-state index contributed by atoms with van der Waals surface area (Å²) in [5.41, 5.74) is 3.12. The van der Waals surface area contributed by atoms with Gasteiger partial charge in [0.2, 0.25) is 11.8 Å². The predicted molar refractivity (Wildman–Crippen MR) is 135 cm³/mol. The molecule has 1 aliphatic heterocycles. The summed E-state index contributed by atoms with van der Waals surface area (Å²) in [5, 5.41) is 8.54. The fraction of sp³-hybridized carbons (Fsp3) is 0.222. The first-order valence-corrected chi connectivity index (χ1v) is 11.4. The molecule has 8 heteroatoms. The van der Waals surface area contributed by atoms with E-state index in [4.69, 9.17) is 4.74 Å². The molecule has 1 heterocycles. The number of benzene rings is 3. The van der Waals surface area contributed by atoms with Crippen molar-refractivity contribution in [1.82, 2.24) is 10.6 Å². The Morgan fingerprint density at radius 3 is 2.43 bits per heavy atom. The maximum atomic E-state index is 13.2. The largest absolute Gasteiger partial charge is 0.497 e. The first kappa shape index (κ1) is 23.8. The van der Waals surface area contributed by atoms with E-state index in [1.54, 1.807) is 31.4 Å². The molecule has 0 saturated heterocycles. The molecule has 8 nitrogen and oxygen atoms in total. The molecule has 0 aliphatic carbocycles. The molecule has 3 aromatic carbocycles. The highest BCUT2D eigenvalue weighted by Crippen LogP contribution is 2.28. The lowest BCUT2D eigenvalue weighted by Crippen LogP contribution is -2.54. The maximum absolute atomic E-state index is 13.2. The van der Waals surface area contributed by atoms with Crippen LogP contribution in [0, 0.1) is 0 Å². The van der Waals surface area contributed by atoms with Crippen molar-refractivity contribution >= 4 is 29.2 Å². The second kappa shape index (κ2) is 11.2. The molecule has 0 fully saturated rings. The van der Waals surface area contributed by atoms with Crippen molar-refractivity contribution in [1.29, 1.82) is 0 Å². The van der Waals surface area contributed by atoms with E-state index in [-0.39, 0.29) is 18.4 Å². The van der Waals surface area contributed by atoms with Gasteiger partial charge in [0.1, 0.15) is 18.3 Å². The Morgan fingerprint density at radius 1 is 0.971 bits per heavy atom. The molecule has 0 saturated carbocycles. The number of carbonyl (C=O) groups excluding carboxylic acids is 3. The van der Waals surface area contributed by atoms with Gasteiger partial charge in [0.05, 0.1) is 18.5 Å². The highest BCUT2D eigenvalue weighted by atomic mass is 16.5. The van der Waals surface area contributed by atoms with E-state index in [1.165, 1.54) is 4.90 Å². The van der Waals surface area contributed by atoms with Crippen LogP contribution >= 0.6 is 0 Å². The Morgan fingerprint density at radius 2 is 1.69 bits per heavy atom. The molecule has 1 aliphatic rings. The van der Waals surface area contributed by atoms with Gasteiger partial charge in [0.25, 0.3) is 0 Å². The lowest BCUT2D eigenvalue weighted by atomic mass is 10.0. The molecule has 4 rings (SSSR count). The van der Waals surface area contributed by atoms with Crippen molar-refractivity contribution in [3.8, 4) is 5.75 Å². The number of urea groups is 1. The van der Waals surface area contributed by atoms with Gasteiger partial charge in [-0.25, -0.2) is 4.79 Å². The third-order valence-corrected chi connectivity index (χ3v) is 5.78. The summed E-state index contributed by atoms with van der Waals surface area (Å²) < 4.78 is 5.18. The standard InChI is InChI=1S/C27H28N4O4/c1-35-21-13-11-19(12-14-21)15-16-28-26(33)23(17-20-7-3-2-4-8-20)30-27(34)31-18-25(32)29-22-9-5-6-10-24(22)31/h2-14,23H,15-18H2,1H3,(H,28,33)(H,29,32)(H,30,34)/t23-/m0/s1. The number of nitrogens with zero attached hydrogens (tertiary/aromatic N) is 1. The van der Waals surface area contributed by atoms with E-state index in [2.05, 4.69) is 16.0 Å². The fourth-order valence-electron chi connectivity index (χ4n) is 3.95. The van der Waals surface area contributed by atoms with Crippen molar-refractivity contribution in [2.45, 2.75) is 18.9 Å². The van der Waals surface area contributed by atoms with Gasteiger partial charge in [0.15, 0.2) is 0 Å². The number of nitrogens with one attached hydrogen (secondary N) is 3. The number of ether oxygens (including phenoxy) is 1. The second-order valence-corrected chi connectivity index (χ2v) is 8.23. The number of anilines is 2. The highest BCUT2D eigenvalue weighted by molar-refractivity contribution is 6.10. The molecule has 3 aromatic rings. The van der Waals surface area contributed by atoms with Gasteiger partial charge in [-0.3, -0.25) is 14.5 Å². The van der Waals surface area contributed by atoms with Gasteiger partial charge in [-0.15, -0.1) is 0 Å². The number of rotatable bonds is 8. The van der Waals surface area contributed by atoms with E-state index in [0.29, 0.717) is 30.8 Å². The van der Waals surface area contributed by atoms with Gasteiger partial charge in [0, 0.05) is 13.0 Å².